The van der Waals surface area contributed by atoms with E-state index < -0.39 is 40.4 Å². The predicted molar refractivity (Wildman–Crippen MR) is 87.3 cm³/mol. The van der Waals surface area contributed by atoms with Gasteiger partial charge in [-0.05, 0) is 25.8 Å². The molecule has 2 aliphatic heterocycles. The number of alkyl halides is 3. The Bertz CT molecular complexity index is 731. The molecule has 8 nitrogen and oxygen atoms in total. The van der Waals surface area contributed by atoms with E-state index in [-0.39, 0.29) is 12.2 Å². The number of hydrogen-bond acceptors (Lipinski definition) is 6. The number of non-ortho nitro benzene ring substituents is 1. The Morgan fingerprint density at radius 2 is 2.00 bits per heavy atom. The number of nitrogens with one attached hydrogen (secondary N) is 1. The molecule has 3 rings (SSSR count). The first-order valence-electron chi connectivity index (χ1n) is 8.37. The number of morpholine rings is 1. The van der Waals surface area contributed by atoms with Crippen molar-refractivity contribution in [1.29, 1.82) is 0 Å². The number of ether oxygens (including phenoxy) is 2. The zero-order chi connectivity index (χ0) is 19.8. The highest BCUT2D eigenvalue weighted by Crippen LogP contribution is 2.34. The summed E-state index contributed by atoms with van der Waals surface area (Å²) in [5.74, 6) is -1.29. The van der Waals surface area contributed by atoms with Crippen molar-refractivity contribution in [2.45, 2.75) is 44.4 Å². The third kappa shape index (κ3) is 4.66. The molecular formula is C16H18F3N3O5. The van der Waals surface area contributed by atoms with Crippen LogP contribution in [0.2, 0.25) is 0 Å². The van der Waals surface area contributed by atoms with Gasteiger partial charge in [-0.3, -0.25) is 19.8 Å². The minimum absolute atomic E-state index is 0.0425. The molecule has 0 spiro atoms. The lowest BCUT2D eigenvalue weighted by molar-refractivity contribution is -0.384. The summed E-state index contributed by atoms with van der Waals surface area (Å²) in [4.78, 5) is 24.6. The summed E-state index contributed by atoms with van der Waals surface area (Å²) in [6.45, 7) is 2.72. The third-order valence-corrected chi connectivity index (χ3v) is 4.66. The first-order valence-corrected chi connectivity index (χ1v) is 8.37. The largest absolute Gasteiger partial charge is 0.573 e. The van der Waals surface area contributed by atoms with Gasteiger partial charge in [0, 0.05) is 25.2 Å². The van der Waals surface area contributed by atoms with Gasteiger partial charge in [-0.2, -0.15) is 0 Å². The third-order valence-electron chi connectivity index (χ3n) is 4.66. The Morgan fingerprint density at radius 3 is 2.56 bits per heavy atom. The highest BCUT2D eigenvalue weighted by molar-refractivity contribution is 5.96. The Morgan fingerprint density at radius 1 is 1.37 bits per heavy atom. The highest BCUT2D eigenvalue weighted by atomic mass is 19.4. The van der Waals surface area contributed by atoms with Crippen molar-refractivity contribution >= 4 is 17.3 Å². The number of hydrogen-bond donors (Lipinski definition) is 1. The van der Waals surface area contributed by atoms with Crippen LogP contribution < -0.4 is 10.1 Å². The molecule has 11 heteroatoms. The smallest absolute Gasteiger partial charge is 0.404 e. The van der Waals surface area contributed by atoms with Crippen molar-refractivity contribution in [2.75, 3.05) is 18.4 Å². The van der Waals surface area contributed by atoms with Crippen LogP contribution in [0.1, 0.15) is 19.8 Å². The zero-order valence-electron chi connectivity index (χ0n) is 14.4. The lowest BCUT2D eigenvalue weighted by atomic mass is 10.2. The van der Waals surface area contributed by atoms with Crippen LogP contribution >= 0.6 is 0 Å². The summed E-state index contributed by atoms with van der Waals surface area (Å²) < 4.78 is 47.3. The van der Waals surface area contributed by atoms with Gasteiger partial charge < -0.3 is 14.8 Å². The fraction of sp³-hybridized carbons (Fsp3) is 0.562. The molecule has 0 radical (unpaired) electrons. The van der Waals surface area contributed by atoms with Crippen molar-refractivity contribution in [3.63, 3.8) is 0 Å². The lowest BCUT2D eigenvalue weighted by Gasteiger charge is -2.35. The molecule has 0 aromatic heterocycles. The molecule has 1 amide bonds. The summed E-state index contributed by atoms with van der Waals surface area (Å²) in [6.07, 6.45) is -3.10. The second-order valence-corrected chi connectivity index (χ2v) is 6.56. The van der Waals surface area contributed by atoms with Crippen LogP contribution in [0.15, 0.2) is 18.2 Å². The standard InChI is InChI=1S/C16H18F3N3O5/c1-9(21-7-11-3-4-12(8-21)26-11)15(23)20-13-6-10(22(24)25)2-5-14(13)27-16(17,18)19/h2,5-6,9,11-12H,3-4,7-8H2,1H3,(H,20,23). The molecule has 3 atom stereocenters. The van der Waals surface area contributed by atoms with Crippen LogP contribution in [0, 0.1) is 10.1 Å². The van der Waals surface area contributed by atoms with Crippen LogP contribution in [0.5, 0.6) is 5.75 Å². The van der Waals surface area contributed by atoms with Gasteiger partial charge in [0.1, 0.15) is 0 Å². The fourth-order valence-electron chi connectivity index (χ4n) is 3.31. The van der Waals surface area contributed by atoms with Crippen LogP contribution in [0.4, 0.5) is 24.5 Å². The van der Waals surface area contributed by atoms with Gasteiger partial charge in [-0.1, -0.05) is 0 Å². The minimum atomic E-state index is -5.00. The maximum atomic E-state index is 12.6. The number of fused-ring (bicyclic) bond motifs is 2. The van der Waals surface area contributed by atoms with Gasteiger partial charge in [0.2, 0.25) is 5.91 Å². The van der Waals surface area contributed by atoms with E-state index in [1.54, 1.807) is 6.92 Å². The first-order chi connectivity index (χ1) is 12.6. The molecule has 148 valence electrons. The molecule has 3 unspecified atom stereocenters. The predicted octanol–water partition coefficient (Wildman–Crippen LogP) is 2.68. The Hall–Kier alpha value is -2.40. The van der Waals surface area contributed by atoms with E-state index in [2.05, 4.69) is 10.1 Å². The molecule has 1 aromatic rings. The van der Waals surface area contributed by atoms with Crippen molar-refractivity contribution in [2.24, 2.45) is 0 Å². The monoisotopic (exact) mass is 389 g/mol. The number of amides is 1. The zero-order valence-corrected chi connectivity index (χ0v) is 14.4. The number of nitrogens with zero attached hydrogens (tertiary/aromatic N) is 2. The number of rotatable bonds is 5. The molecule has 2 bridgehead atoms. The molecule has 2 heterocycles. The number of carbonyl (C=O) groups is 1. The number of nitro groups is 1. The molecule has 1 N–H and O–H groups in total. The van der Waals surface area contributed by atoms with E-state index >= 15 is 0 Å². The van der Waals surface area contributed by atoms with E-state index in [0.717, 1.165) is 31.0 Å². The Balaban J connectivity index is 1.76. The van der Waals surface area contributed by atoms with E-state index in [9.17, 15) is 28.1 Å². The van der Waals surface area contributed by atoms with Crippen LogP contribution in [0.3, 0.4) is 0 Å². The molecular weight excluding hydrogens is 371 g/mol. The fourth-order valence-corrected chi connectivity index (χ4v) is 3.31. The number of likely N-dealkylation sites (tertiary alicyclic amines) is 1. The molecule has 2 fully saturated rings. The summed E-state index contributed by atoms with van der Waals surface area (Å²) in [6, 6.07) is 1.88. The van der Waals surface area contributed by atoms with Crippen molar-refractivity contribution in [3.05, 3.63) is 28.3 Å². The van der Waals surface area contributed by atoms with Gasteiger partial charge in [0.15, 0.2) is 5.75 Å². The number of carbonyl (C=O) groups excluding carboxylic acids is 1. The topological polar surface area (TPSA) is 93.9 Å². The summed E-state index contributed by atoms with van der Waals surface area (Å²) >= 11 is 0. The second-order valence-electron chi connectivity index (χ2n) is 6.56. The minimum Gasteiger partial charge on any atom is -0.404 e. The summed E-state index contributed by atoms with van der Waals surface area (Å²) in [5, 5.41) is 13.2. The molecule has 1 aromatic carbocycles. The van der Waals surface area contributed by atoms with E-state index in [1.807, 2.05) is 4.90 Å². The average molecular weight is 389 g/mol. The second kappa shape index (κ2) is 7.31. The SMILES string of the molecule is CC(C(=O)Nc1cc([N+](=O)[O-])ccc1OC(F)(F)F)N1CC2CCC(C1)O2. The van der Waals surface area contributed by atoms with Gasteiger partial charge >= 0.3 is 6.36 Å². The highest BCUT2D eigenvalue weighted by Gasteiger charge is 2.38. The number of benzene rings is 1. The average Bonchev–Trinajstić information content (AvgIpc) is 2.92. The summed E-state index contributed by atoms with van der Waals surface area (Å²) in [5.41, 5.74) is -0.869. The van der Waals surface area contributed by atoms with Gasteiger partial charge in [0.25, 0.3) is 5.69 Å². The van der Waals surface area contributed by atoms with Crippen molar-refractivity contribution in [3.8, 4) is 5.75 Å². The van der Waals surface area contributed by atoms with E-state index in [0.29, 0.717) is 13.1 Å². The number of nitro benzene ring substituents is 1. The van der Waals surface area contributed by atoms with Crippen LogP contribution in [0.25, 0.3) is 0 Å². The lowest BCUT2D eigenvalue weighted by Crippen LogP contribution is -2.51. The molecule has 2 saturated heterocycles. The normalized spacial score (nSPS) is 23.7. The van der Waals surface area contributed by atoms with Crippen LogP contribution in [-0.4, -0.2) is 53.4 Å². The van der Waals surface area contributed by atoms with E-state index in [4.69, 9.17) is 4.74 Å². The summed E-state index contributed by atoms with van der Waals surface area (Å²) in [7, 11) is 0. The molecule has 27 heavy (non-hydrogen) atoms. The maximum Gasteiger partial charge on any atom is 0.573 e. The van der Waals surface area contributed by atoms with Gasteiger partial charge in [-0.25, -0.2) is 0 Å². The van der Waals surface area contributed by atoms with Crippen molar-refractivity contribution < 1.29 is 32.4 Å². The van der Waals surface area contributed by atoms with E-state index in [1.165, 1.54) is 0 Å². The number of anilines is 1. The van der Waals surface area contributed by atoms with Gasteiger partial charge in [0.05, 0.1) is 28.9 Å². The van der Waals surface area contributed by atoms with Gasteiger partial charge in [-0.15, -0.1) is 13.2 Å². The molecule has 2 aliphatic rings. The first kappa shape index (κ1) is 19.4. The Labute approximate surface area is 152 Å². The number of halogens is 3. The molecule has 0 saturated carbocycles. The quantitative estimate of drug-likeness (QED) is 0.615. The van der Waals surface area contributed by atoms with Crippen molar-refractivity contribution in [1.82, 2.24) is 4.90 Å². The Kier molecular flexibility index (Phi) is 5.24. The molecule has 0 aliphatic carbocycles. The van der Waals surface area contributed by atoms with Crippen LogP contribution in [-0.2, 0) is 9.53 Å². The maximum absolute atomic E-state index is 12.6.